The van der Waals surface area contributed by atoms with Crippen molar-refractivity contribution in [2.24, 2.45) is 0 Å². The lowest BCUT2D eigenvalue weighted by Crippen LogP contribution is -2.15. The van der Waals surface area contributed by atoms with Crippen molar-refractivity contribution in [3.05, 3.63) is 83.4 Å². The van der Waals surface area contributed by atoms with Gasteiger partial charge >= 0.3 is 0 Å². The van der Waals surface area contributed by atoms with Crippen molar-refractivity contribution < 1.29 is 17.9 Å². The highest BCUT2D eigenvalue weighted by atomic mass is 32.2. The fraction of sp³-hybridized carbons (Fsp3) is 0.269. The fourth-order valence-corrected chi connectivity index (χ4v) is 4.43. The number of rotatable bonds is 9. The summed E-state index contributed by atoms with van der Waals surface area (Å²) in [7, 11) is -2.32. The lowest BCUT2D eigenvalue weighted by Gasteiger charge is -2.13. The number of aryl methyl sites for hydroxylation is 2. The van der Waals surface area contributed by atoms with Gasteiger partial charge < -0.3 is 10.1 Å². The SMILES string of the molecule is COc1ccc(C)cc1NS(=O)(=O)c1ccc(NC(=O)CCc2ccc(C(C)C)cc2)cc1. The van der Waals surface area contributed by atoms with Gasteiger partial charge in [-0.3, -0.25) is 9.52 Å². The van der Waals surface area contributed by atoms with Crippen LogP contribution in [0.5, 0.6) is 5.75 Å². The van der Waals surface area contributed by atoms with Gasteiger partial charge in [0, 0.05) is 12.1 Å². The summed E-state index contributed by atoms with van der Waals surface area (Å²) in [6.45, 7) is 6.17. The van der Waals surface area contributed by atoms with Crippen LogP contribution < -0.4 is 14.8 Å². The molecule has 0 aliphatic carbocycles. The van der Waals surface area contributed by atoms with Gasteiger partial charge in [-0.25, -0.2) is 8.42 Å². The molecule has 0 saturated heterocycles. The Hall–Kier alpha value is -3.32. The van der Waals surface area contributed by atoms with Crippen LogP contribution in [0.15, 0.2) is 71.6 Å². The molecule has 174 valence electrons. The molecule has 33 heavy (non-hydrogen) atoms. The molecule has 0 aliphatic heterocycles. The maximum Gasteiger partial charge on any atom is 0.262 e. The van der Waals surface area contributed by atoms with Gasteiger partial charge in [-0.2, -0.15) is 0 Å². The first-order valence-corrected chi connectivity index (χ1v) is 12.3. The van der Waals surface area contributed by atoms with Crippen LogP contribution in [-0.2, 0) is 21.2 Å². The highest BCUT2D eigenvalue weighted by Gasteiger charge is 2.17. The van der Waals surface area contributed by atoms with Crippen LogP contribution in [0.2, 0.25) is 0 Å². The summed E-state index contributed by atoms with van der Waals surface area (Å²) >= 11 is 0. The zero-order valence-corrected chi connectivity index (χ0v) is 20.2. The monoisotopic (exact) mass is 466 g/mol. The number of hydrogen-bond acceptors (Lipinski definition) is 4. The van der Waals surface area contributed by atoms with Crippen LogP contribution in [0.4, 0.5) is 11.4 Å². The average Bonchev–Trinajstić information content (AvgIpc) is 2.78. The van der Waals surface area contributed by atoms with Crippen molar-refractivity contribution in [1.82, 2.24) is 0 Å². The minimum atomic E-state index is -3.81. The third-order valence-electron chi connectivity index (χ3n) is 5.33. The van der Waals surface area contributed by atoms with Gasteiger partial charge in [0.1, 0.15) is 5.75 Å². The largest absolute Gasteiger partial charge is 0.495 e. The summed E-state index contributed by atoms with van der Waals surface area (Å²) in [6, 6.07) is 19.6. The molecule has 6 nitrogen and oxygen atoms in total. The van der Waals surface area contributed by atoms with Crippen LogP contribution in [0.1, 0.15) is 42.9 Å². The van der Waals surface area contributed by atoms with Crippen LogP contribution in [0.3, 0.4) is 0 Å². The second kappa shape index (κ2) is 10.5. The zero-order valence-electron chi connectivity index (χ0n) is 19.4. The summed E-state index contributed by atoms with van der Waals surface area (Å²) in [5, 5.41) is 2.82. The molecule has 0 aliphatic rings. The minimum absolute atomic E-state index is 0.0919. The van der Waals surface area contributed by atoms with E-state index in [1.807, 2.05) is 13.0 Å². The molecule has 0 spiro atoms. The summed E-state index contributed by atoms with van der Waals surface area (Å²) in [5.41, 5.74) is 4.20. The number of carbonyl (C=O) groups excluding carboxylic acids is 1. The number of sulfonamides is 1. The normalized spacial score (nSPS) is 11.3. The molecule has 7 heteroatoms. The molecule has 3 rings (SSSR count). The van der Waals surface area contributed by atoms with E-state index in [1.165, 1.54) is 24.8 Å². The summed E-state index contributed by atoms with van der Waals surface area (Å²) in [4.78, 5) is 12.4. The van der Waals surface area contributed by atoms with E-state index in [0.717, 1.165) is 11.1 Å². The van der Waals surface area contributed by atoms with Crippen molar-refractivity contribution in [2.45, 2.75) is 44.4 Å². The van der Waals surface area contributed by atoms with Crippen LogP contribution in [0, 0.1) is 6.92 Å². The summed E-state index contributed by atoms with van der Waals surface area (Å²) in [5.74, 6) is 0.788. The van der Waals surface area contributed by atoms with E-state index in [9.17, 15) is 13.2 Å². The van der Waals surface area contributed by atoms with Crippen LogP contribution in [-0.4, -0.2) is 21.4 Å². The molecule has 0 heterocycles. The molecule has 0 bridgehead atoms. The predicted molar refractivity (Wildman–Crippen MR) is 132 cm³/mol. The molecule has 1 amide bonds. The molecule has 0 radical (unpaired) electrons. The Morgan fingerprint density at radius 2 is 1.64 bits per heavy atom. The highest BCUT2D eigenvalue weighted by Crippen LogP contribution is 2.28. The number of benzene rings is 3. The standard InChI is InChI=1S/C26H30N2O4S/c1-18(2)21-9-6-20(7-10-21)8-16-26(29)27-22-11-13-23(14-12-22)33(30,31)28-24-17-19(3)5-15-25(24)32-4/h5-7,9-15,17-18,28H,8,16H2,1-4H3,(H,27,29). The first-order valence-electron chi connectivity index (χ1n) is 10.8. The molecule has 2 N–H and O–H groups in total. The third-order valence-corrected chi connectivity index (χ3v) is 6.72. The second-order valence-electron chi connectivity index (χ2n) is 8.28. The molecular weight excluding hydrogens is 436 g/mol. The number of nitrogens with one attached hydrogen (secondary N) is 2. The Bertz CT molecular complexity index is 1200. The first-order chi connectivity index (χ1) is 15.7. The molecule has 0 atom stereocenters. The van der Waals surface area contributed by atoms with Gasteiger partial charge in [0.25, 0.3) is 10.0 Å². The third kappa shape index (κ3) is 6.58. The van der Waals surface area contributed by atoms with Gasteiger partial charge in [0.05, 0.1) is 17.7 Å². The van der Waals surface area contributed by atoms with E-state index in [-0.39, 0.29) is 10.8 Å². The molecule has 3 aromatic rings. The predicted octanol–water partition coefficient (Wildman–Crippen LogP) is 5.50. The van der Waals surface area contributed by atoms with E-state index in [2.05, 4.69) is 48.2 Å². The Morgan fingerprint density at radius 3 is 2.24 bits per heavy atom. The van der Waals surface area contributed by atoms with Crippen LogP contribution >= 0.6 is 0 Å². The van der Waals surface area contributed by atoms with Gasteiger partial charge in [-0.15, -0.1) is 0 Å². The molecule has 0 saturated carbocycles. The van der Waals surface area contributed by atoms with Gasteiger partial charge in [0.15, 0.2) is 0 Å². The van der Waals surface area contributed by atoms with E-state index in [4.69, 9.17) is 4.74 Å². The molecule has 0 unspecified atom stereocenters. The Kier molecular flexibility index (Phi) is 7.76. The number of hydrogen-bond donors (Lipinski definition) is 2. The number of anilines is 2. The van der Waals surface area contributed by atoms with Gasteiger partial charge in [-0.05, 0) is 72.4 Å². The lowest BCUT2D eigenvalue weighted by atomic mass is 10.0. The van der Waals surface area contributed by atoms with Crippen molar-refractivity contribution in [2.75, 3.05) is 17.1 Å². The minimum Gasteiger partial charge on any atom is -0.495 e. The summed E-state index contributed by atoms with van der Waals surface area (Å²) in [6.07, 6.45) is 0.981. The molecule has 0 fully saturated rings. The summed E-state index contributed by atoms with van der Waals surface area (Å²) < 4.78 is 33.4. The highest BCUT2D eigenvalue weighted by molar-refractivity contribution is 7.92. The molecular formula is C26H30N2O4S. The molecule has 0 aromatic heterocycles. The zero-order chi connectivity index (χ0) is 24.0. The van der Waals surface area contributed by atoms with Crippen molar-refractivity contribution in [3.63, 3.8) is 0 Å². The van der Waals surface area contributed by atoms with Gasteiger partial charge in [0.2, 0.25) is 5.91 Å². The quantitative estimate of drug-likeness (QED) is 0.436. The Labute approximate surface area is 196 Å². The van der Waals surface area contributed by atoms with E-state index in [0.29, 0.717) is 35.9 Å². The topological polar surface area (TPSA) is 84.5 Å². The molecule has 3 aromatic carbocycles. The lowest BCUT2D eigenvalue weighted by molar-refractivity contribution is -0.116. The smallest absolute Gasteiger partial charge is 0.262 e. The van der Waals surface area contributed by atoms with E-state index >= 15 is 0 Å². The Balaban J connectivity index is 1.60. The van der Waals surface area contributed by atoms with Crippen molar-refractivity contribution in [1.29, 1.82) is 0 Å². The van der Waals surface area contributed by atoms with Gasteiger partial charge in [-0.1, -0.05) is 44.2 Å². The van der Waals surface area contributed by atoms with Crippen LogP contribution in [0.25, 0.3) is 0 Å². The van der Waals surface area contributed by atoms with E-state index in [1.54, 1.807) is 24.3 Å². The number of amides is 1. The number of methoxy groups -OCH3 is 1. The number of ether oxygens (including phenoxy) is 1. The fourth-order valence-electron chi connectivity index (χ4n) is 3.37. The first kappa shape index (κ1) is 24.3. The van der Waals surface area contributed by atoms with Crippen molar-refractivity contribution >= 4 is 27.3 Å². The van der Waals surface area contributed by atoms with Crippen molar-refractivity contribution in [3.8, 4) is 5.75 Å². The maximum atomic E-state index is 12.8. The Morgan fingerprint density at radius 1 is 0.970 bits per heavy atom. The number of carbonyl (C=O) groups is 1. The maximum absolute atomic E-state index is 12.8. The average molecular weight is 467 g/mol. The second-order valence-corrected chi connectivity index (χ2v) is 9.96. The van der Waals surface area contributed by atoms with E-state index < -0.39 is 10.0 Å².